The molecule has 0 aliphatic heterocycles. The number of hydrogen-bond acceptors (Lipinski definition) is 3. The van der Waals surface area contributed by atoms with Gasteiger partial charge in [-0.05, 0) is 60.2 Å². The van der Waals surface area contributed by atoms with Crippen molar-refractivity contribution in [2.45, 2.75) is 33.4 Å². The zero-order valence-corrected chi connectivity index (χ0v) is 14.1. The minimum atomic E-state index is -0.325. The van der Waals surface area contributed by atoms with Crippen molar-refractivity contribution in [2.75, 3.05) is 0 Å². The van der Waals surface area contributed by atoms with Gasteiger partial charge in [0.1, 0.15) is 0 Å². The molecule has 110 valence electrons. The first-order valence-electron chi connectivity index (χ1n) is 6.96. The first-order chi connectivity index (χ1) is 10.1. The second-order valence-electron chi connectivity index (χ2n) is 4.86. The lowest BCUT2D eigenvalue weighted by molar-refractivity contribution is 0.507. The van der Waals surface area contributed by atoms with E-state index in [4.69, 9.17) is 4.42 Å². The maximum atomic E-state index is 12.1. The van der Waals surface area contributed by atoms with Gasteiger partial charge >= 0.3 is 5.76 Å². The summed E-state index contributed by atoms with van der Waals surface area (Å²) in [5, 5.41) is 4.52. The number of nitrogens with zero attached hydrogens (tertiary/aromatic N) is 3. The molecule has 6 heteroatoms. The summed E-state index contributed by atoms with van der Waals surface area (Å²) in [5.74, 6) is -0.325. The van der Waals surface area contributed by atoms with Gasteiger partial charge in [0, 0.05) is 10.1 Å². The van der Waals surface area contributed by atoms with Crippen molar-refractivity contribution in [3.8, 4) is 0 Å². The third-order valence-electron chi connectivity index (χ3n) is 3.53. The van der Waals surface area contributed by atoms with Crippen LogP contribution in [0.2, 0.25) is 0 Å². The lowest BCUT2D eigenvalue weighted by Gasteiger charge is -2.05. The second-order valence-corrected chi connectivity index (χ2v) is 6.11. The largest absolute Gasteiger partial charge is 0.420 e. The number of oxazole rings is 1. The topological polar surface area (TPSA) is 53.0 Å². The van der Waals surface area contributed by atoms with Crippen molar-refractivity contribution in [2.24, 2.45) is 0 Å². The Balaban J connectivity index is 2.07. The van der Waals surface area contributed by atoms with E-state index in [0.29, 0.717) is 12.1 Å². The van der Waals surface area contributed by atoms with Crippen molar-refractivity contribution >= 4 is 33.7 Å². The van der Waals surface area contributed by atoms with E-state index >= 15 is 0 Å². The Bertz CT molecular complexity index is 844. The molecule has 0 spiro atoms. The zero-order chi connectivity index (χ0) is 15.0. The molecule has 0 aliphatic carbocycles. The molecule has 0 atom stereocenters. The van der Waals surface area contributed by atoms with Gasteiger partial charge in [0.2, 0.25) is 0 Å². The van der Waals surface area contributed by atoms with E-state index in [1.165, 1.54) is 0 Å². The lowest BCUT2D eigenvalue weighted by atomic mass is 10.3. The van der Waals surface area contributed by atoms with Crippen LogP contribution in [0.15, 0.2) is 33.5 Å². The summed E-state index contributed by atoms with van der Waals surface area (Å²) in [6, 6.07) is 7.84. The maximum Gasteiger partial charge on any atom is 0.420 e. The second kappa shape index (κ2) is 5.67. The van der Waals surface area contributed by atoms with Crippen molar-refractivity contribution in [1.82, 2.24) is 14.3 Å². The third kappa shape index (κ3) is 2.64. The van der Waals surface area contributed by atoms with Crippen LogP contribution in [0.3, 0.4) is 0 Å². The standard InChI is InChI=1S/C15H16IN3O2/c1-3-11-8-12(19(4-2)17-11)9-18-13-6-5-10(16)7-14(13)21-15(18)20/h5-8H,3-4,9H2,1-2H3. The van der Waals surface area contributed by atoms with Gasteiger partial charge in [-0.3, -0.25) is 9.25 Å². The molecule has 0 amide bonds. The summed E-state index contributed by atoms with van der Waals surface area (Å²) < 4.78 is 9.98. The highest BCUT2D eigenvalue weighted by Gasteiger charge is 2.13. The molecule has 0 N–H and O–H groups in total. The number of aromatic nitrogens is 3. The molecule has 5 nitrogen and oxygen atoms in total. The van der Waals surface area contributed by atoms with Crippen LogP contribution in [-0.2, 0) is 19.5 Å². The monoisotopic (exact) mass is 397 g/mol. The Morgan fingerprint density at radius 1 is 1.29 bits per heavy atom. The van der Waals surface area contributed by atoms with Crippen molar-refractivity contribution in [1.29, 1.82) is 0 Å². The smallest absolute Gasteiger partial charge is 0.408 e. The van der Waals surface area contributed by atoms with Gasteiger partial charge in [0.15, 0.2) is 5.58 Å². The minimum Gasteiger partial charge on any atom is -0.408 e. The summed E-state index contributed by atoms with van der Waals surface area (Å²) in [5.41, 5.74) is 3.52. The van der Waals surface area contributed by atoms with Gasteiger partial charge in [0.05, 0.1) is 23.4 Å². The third-order valence-corrected chi connectivity index (χ3v) is 4.20. The molecule has 0 fully saturated rings. The highest BCUT2D eigenvalue weighted by molar-refractivity contribution is 14.1. The minimum absolute atomic E-state index is 0.325. The van der Waals surface area contributed by atoms with E-state index in [0.717, 1.165) is 33.4 Å². The van der Waals surface area contributed by atoms with Gasteiger partial charge < -0.3 is 4.42 Å². The molecule has 3 rings (SSSR count). The van der Waals surface area contributed by atoms with E-state index < -0.39 is 0 Å². The van der Waals surface area contributed by atoms with Gasteiger partial charge in [0.25, 0.3) is 0 Å². The van der Waals surface area contributed by atoms with Crippen LogP contribution in [0.1, 0.15) is 25.2 Å². The molecule has 0 aliphatic rings. The lowest BCUT2D eigenvalue weighted by Crippen LogP contribution is -2.17. The fourth-order valence-electron chi connectivity index (χ4n) is 2.44. The zero-order valence-electron chi connectivity index (χ0n) is 12.0. The van der Waals surface area contributed by atoms with Gasteiger partial charge in [-0.15, -0.1) is 0 Å². The molecular formula is C15H16IN3O2. The van der Waals surface area contributed by atoms with E-state index in [-0.39, 0.29) is 5.76 Å². The van der Waals surface area contributed by atoms with Crippen LogP contribution in [0.4, 0.5) is 0 Å². The molecule has 0 saturated carbocycles. The van der Waals surface area contributed by atoms with E-state index in [2.05, 4.69) is 47.6 Å². The number of benzene rings is 1. The summed E-state index contributed by atoms with van der Waals surface area (Å²) in [7, 11) is 0. The summed E-state index contributed by atoms with van der Waals surface area (Å²) >= 11 is 2.21. The van der Waals surface area contributed by atoms with Crippen molar-refractivity contribution in [3.05, 3.63) is 49.8 Å². The first-order valence-corrected chi connectivity index (χ1v) is 8.04. The number of hydrogen-bond donors (Lipinski definition) is 0. The number of aryl methyl sites for hydroxylation is 2. The number of halogens is 1. The highest BCUT2D eigenvalue weighted by atomic mass is 127. The summed E-state index contributed by atoms with van der Waals surface area (Å²) in [6.07, 6.45) is 0.888. The Morgan fingerprint density at radius 2 is 2.10 bits per heavy atom. The molecule has 21 heavy (non-hydrogen) atoms. The Labute approximate surface area is 135 Å². The molecule has 0 unspecified atom stereocenters. The molecule has 1 aromatic carbocycles. The van der Waals surface area contributed by atoms with Crippen LogP contribution >= 0.6 is 22.6 Å². The Hall–Kier alpha value is -1.57. The predicted octanol–water partition coefficient (Wildman–Crippen LogP) is 3.03. The van der Waals surface area contributed by atoms with Crippen LogP contribution < -0.4 is 5.76 Å². The van der Waals surface area contributed by atoms with Crippen LogP contribution in [-0.4, -0.2) is 14.3 Å². The average Bonchev–Trinajstić information content (AvgIpc) is 3.00. The van der Waals surface area contributed by atoms with Gasteiger partial charge in [-0.2, -0.15) is 5.10 Å². The quantitative estimate of drug-likeness (QED) is 0.636. The summed E-state index contributed by atoms with van der Waals surface area (Å²) in [4.78, 5) is 12.1. The first kappa shape index (κ1) is 14.4. The van der Waals surface area contributed by atoms with Crippen LogP contribution in [0.5, 0.6) is 0 Å². The summed E-state index contributed by atoms with van der Waals surface area (Å²) in [6.45, 7) is 5.40. The normalized spacial score (nSPS) is 11.4. The van der Waals surface area contributed by atoms with Crippen LogP contribution in [0, 0.1) is 3.57 Å². The molecule has 2 aromatic heterocycles. The Morgan fingerprint density at radius 3 is 2.81 bits per heavy atom. The van der Waals surface area contributed by atoms with Crippen molar-refractivity contribution in [3.63, 3.8) is 0 Å². The molecule has 0 bridgehead atoms. The molecule has 2 heterocycles. The number of fused-ring (bicyclic) bond motifs is 1. The molecule has 0 radical (unpaired) electrons. The molecular weight excluding hydrogens is 381 g/mol. The highest BCUT2D eigenvalue weighted by Crippen LogP contribution is 2.18. The van der Waals surface area contributed by atoms with E-state index in [1.807, 2.05) is 22.9 Å². The fourth-order valence-corrected chi connectivity index (χ4v) is 2.90. The maximum absolute atomic E-state index is 12.1. The van der Waals surface area contributed by atoms with E-state index in [1.54, 1.807) is 4.57 Å². The fraction of sp³-hybridized carbons (Fsp3) is 0.333. The predicted molar refractivity (Wildman–Crippen MR) is 89.6 cm³/mol. The molecule has 0 saturated heterocycles. The average molecular weight is 397 g/mol. The molecule has 3 aromatic rings. The van der Waals surface area contributed by atoms with Gasteiger partial charge in [-0.1, -0.05) is 6.92 Å². The van der Waals surface area contributed by atoms with Crippen molar-refractivity contribution < 1.29 is 4.42 Å². The van der Waals surface area contributed by atoms with Gasteiger partial charge in [-0.25, -0.2) is 4.79 Å². The number of rotatable bonds is 4. The van der Waals surface area contributed by atoms with Crippen LogP contribution in [0.25, 0.3) is 11.1 Å². The van der Waals surface area contributed by atoms with E-state index in [9.17, 15) is 4.79 Å². The Kier molecular flexibility index (Phi) is 3.88. The SMILES string of the molecule is CCc1cc(Cn2c(=O)oc3cc(I)ccc32)n(CC)n1.